The van der Waals surface area contributed by atoms with Crippen LogP contribution in [0.4, 0.5) is 0 Å². The molecule has 9 nitrogen and oxygen atoms in total. The molecule has 0 atom stereocenters. The number of halogens is 1. The van der Waals surface area contributed by atoms with Gasteiger partial charge in [0, 0.05) is 43.7 Å². The summed E-state index contributed by atoms with van der Waals surface area (Å²) in [6.07, 6.45) is 4.24. The largest absolute Gasteiger partial charge is 0.508 e. The van der Waals surface area contributed by atoms with Crippen LogP contribution in [0.3, 0.4) is 0 Å². The van der Waals surface area contributed by atoms with Gasteiger partial charge >= 0.3 is 0 Å². The molecular weight excluding hydrogens is 606 g/mol. The Balaban J connectivity index is 0.000000455. The van der Waals surface area contributed by atoms with Crippen molar-refractivity contribution in [3.63, 3.8) is 0 Å². The molecule has 3 amide bonds. The number of carbonyl (C=O) groups excluding carboxylic acids is 3. The van der Waals surface area contributed by atoms with Crippen LogP contribution >= 0.6 is 11.6 Å². The number of fused-ring (bicyclic) bond motifs is 1. The fourth-order valence-corrected chi connectivity index (χ4v) is 6.02. The molecule has 4 aromatic rings. The van der Waals surface area contributed by atoms with E-state index in [1.165, 1.54) is 34.9 Å². The van der Waals surface area contributed by atoms with E-state index in [-0.39, 0.29) is 40.8 Å². The molecule has 46 heavy (non-hydrogen) atoms. The number of nitrogens with zero attached hydrogens (tertiary/aromatic N) is 2. The summed E-state index contributed by atoms with van der Waals surface area (Å²) in [6.45, 7) is 4.42. The third-order valence-corrected chi connectivity index (χ3v) is 8.72. The summed E-state index contributed by atoms with van der Waals surface area (Å²) in [7, 11) is 0. The lowest BCUT2D eigenvalue weighted by Gasteiger charge is -2.34. The van der Waals surface area contributed by atoms with Gasteiger partial charge in [0.2, 0.25) is 11.8 Å². The quantitative estimate of drug-likeness (QED) is 0.274. The highest BCUT2D eigenvalue weighted by Crippen LogP contribution is 2.31. The van der Waals surface area contributed by atoms with E-state index in [4.69, 9.17) is 16.0 Å². The number of piperidine rings is 2. The van der Waals surface area contributed by atoms with E-state index in [1.54, 1.807) is 4.90 Å². The molecule has 0 unspecified atom stereocenters. The lowest BCUT2D eigenvalue weighted by atomic mass is 9.86. The maximum Gasteiger partial charge on any atom is 0.287 e. The summed E-state index contributed by atoms with van der Waals surface area (Å²) in [4.78, 5) is 53.7. The Labute approximate surface area is 272 Å². The lowest BCUT2D eigenvalue weighted by Crippen LogP contribution is -2.44. The molecule has 0 aliphatic carbocycles. The van der Waals surface area contributed by atoms with Gasteiger partial charge in [-0.2, -0.15) is 0 Å². The number of carbonyl (C=O) groups is 3. The van der Waals surface area contributed by atoms with Crippen molar-refractivity contribution in [1.29, 1.82) is 0 Å². The maximum atomic E-state index is 12.8. The molecule has 6 rings (SSSR count). The number of hydrogen-bond acceptors (Lipinski definition) is 6. The first-order chi connectivity index (χ1) is 22.2. The van der Waals surface area contributed by atoms with Crippen molar-refractivity contribution in [2.24, 2.45) is 0 Å². The molecule has 240 valence electrons. The molecule has 3 aromatic carbocycles. The molecule has 2 aliphatic heterocycles. The molecule has 2 fully saturated rings. The Morgan fingerprint density at radius 3 is 2.41 bits per heavy atom. The van der Waals surface area contributed by atoms with Crippen LogP contribution in [0, 0.1) is 6.92 Å². The van der Waals surface area contributed by atoms with Crippen LogP contribution in [0.25, 0.3) is 11.0 Å². The topological polar surface area (TPSA) is 120 Å². The van der Waals surface area contributed by atoms with E-state index in [2.05, 4.69) is 17.4 Å². The summed E-state index contributed by atoms with van der Waals surface area (Å²) in [5.74, 6) is -0.592. The summed E-state index contributed by atoms with van der Waals surface area (Å²) in [5.41, 5.74) is 3.39. The normalized spacial score (nSPS) is 15.3. The fraction of sp³-hybridized carbons (Fsp3) is 0.333. The van der Waals surface area contributed by atoms with Gasteiger partial charge in [0.25, 0.3) is 5.91 Å². The van der Waals surface area contributed by atoms with Crippen molar-refractivity contribution >= 4 is 40.3 Å². The predicted octanol–water partition coefficient (Wildman–Crippen LogP) is 5.80. The van der Waals surface area contributed by atoms with E-state index in [1.807, 2.05) is 48.2 Å². The third-order valence-electron chi connectivity index (χ3n) is 8.47. The number of nitrogens with one attached hydrogen (secondary N) is 1. The molecule has 0 radical (unpaired) electrons. The Hall–Kier alpha value is -4.63. The van der Waals surface area contributed by atoms with E-state index >= 15 is 0 Å². The summed E-state index contributed by atoms with van der Waals surface area (Å²) < 4.78 is 5.50. The number of aromatic hydroxyl groups is 1. The van der Waals surface area contributed by atoms with Gasteiger partial charge in [0.15, 0.2) is 11.2 Å². The van der Waals surface area contributed by atoms with Gasteiger partial charge in [-0.25, -0.2) is 0 Å². The Morgan fingerprint density at radius 2 is 1.70 bits per heavy atom. The second kappa shape index (κ2) is 15.1. The van der Waals surface area contributed by atoms with E-state index in [0.717, 1.165) is 43.3 Å². The Morgan fingerprint density at radius 1 is 0.957 bits per heavy atom. The van der Waals surface area contributed by atoms with Crippen molar-refractivity contribution in [3.05, 3.63) is 110 Å². The summed E-state index contributed by atoms with van der Waals surface area (Å²) in [6, 6.07) is 21.1. The predicted molar refractivity (Wildman–Crippen MR) is 177 cm³/mol. The number of likely N-dealkylation sites (tertiary alicyclic amines) is 2. The number of amides is 3. The third kappa shape index (κ3) is 8.34. The zero-order chi connectivity index (χ0) is 32.6. The van der Waals surface area contributed by atoms with Crippen LogP contribution in [-0.2, 0) is 16.1 Å². The Kier molecular flexibility index (Phi) is 10.8. The van der Waals surface area contributed by atoms with Crippen LogP contribution in [0.2, 0.25) is 5.02 Å². The van der Waals surface area contributed by atoms with Gasteiger partial charge < -0.3 is 24.6 Å². The minimum Gasteiger partial charge on any atom is -0.508 e. The van der Waals surface area contributed by atoms with Crippen molar-refractivity contribution in [1.82, 2.24) is 15.1 Å². The molecule has 0 bridgehead atoms. The lowest BCUT2D eigenvalue weighted by molar-refractivity contribution is -0.134. The minimum absolute atomic E-state index is 0.0723. The molecule has 0 saturated carbocycles. The maximum absolute atomic E-state index is 12.8. The molecule has 10 heteroatoms. The zero-order valence-electron chi connectivity index (χ0n) is 25.8. The second-order valence-electron chi connectivity index (χ2n) is 11.8. The number of aryl methyl sites for hydroxylation is 1. The van der Waals surface area contributed by atoms with Gasteiger partial charge in [-0.3, -0.25) is 19.2 Å². The van der Waals surface area contributed by atoms with E-state index < -0.39 is 11.3 Å². The fourth-order valence-electron chi connectivity index (χ4n) is 5.90. The molecule has 3 heterocycles. The first kappa shape index (κ1) is 32.8. The van der Waals surface area contributed by atoms with Gasteiger partial charge in [0.1, 0.15) is 11.3 Å². The molecule has 2 N–H and O–H groups in total. The second-order valence-corrected chi connectivity index (χ2v) is 12.2. The zero-order valence-corrected chi connectivity index (χ0v) is 26.6. The molecule has 1 aromatic heterocycles. The average Bonchev–Trinajstić information content (AvgIpc) is 3.07. The standard InChI is InChI=1S/C29H31N3O6.C7H7Cl/c33-21-8-9-25-23(15-21)24(34)16-26(38-25)29(37)30-17-28(36)31-13-10-19(11-14-31)22-6-2-1-5-20(22)18-32-12-4-3-7-27(32)35;1-6-2-4-7(8)5-3-6/h1-2,5-6,8-9,15-16,19,33H,3-4,7,10-14,17-18H2,(H,30,37);2-5H,1H3. The van der Waals surface area contributed by atoms with Crippen LogP contribution in [0.15, 0.2) is 82.0 Å². The summed E-state index contributed by atoms with van der Waals surface area (Å²) >= 11 is 5.61. The SMILES string of the molecule is Cc1ccc(Cl)cc1.O=C(NCC(=O)N1CCC(c2ccccc2CN2CCCCC2=O)CC1)c1cc(=O)c2cc(O)ccc2o1. The first-order valence-electron chi connectivity index (χ1n) is 15.6. The van der Waals surface area contributed by atoms with Crippen molar-refractivity contribution in [2.75, 3.05) is 26.2 Å². The van der Waals surface area contributed by atoms with Crippen molar-refractivity contribution in [2.45, 2.75) is 51.5 Å². The number of phenols is 1. The Bertz CT molecular complexity index is 1740. The van der Waals surface area contributed by atoms with Gasteiger partial charge in [-0.1, -0.05) is 53.6 Å². The van der Waals surface area contributed by atoms with Crippen LogP contribution in [0.5, 0.6) is 5.75 Å². The minimum atomic E-state index is -0.651. The average molecular weight is 644 g/mol. The highest BCUT2D eigenvalue weighted by atomic mass is 35.5. The van der Waals surface area contributed by atoms with Gasteiger partial charge in [-0.15, -0.1) is 0 Å². The van der Waals surface area contributed by atoms with Crippen molar-refractivity contribution in [3.8, 4) is 5.75 Å². The van der Waals surface area contributed by atoms with Gasteiger partial charge in [0.05, 0.1) is 11.9 Å². The monoisotopic (exact) mass is 643 g/mol. The van der Waals surface area contributed by atoms with Crippen LogP contribution in [0.1, 0.15) is 65.3 Å². The number of phenolic OH excluding ortho intramolecular Hbond substituents is 1. The molecule has 2 aliphatic rings. The van der Waals surface area contributed by atoms with E-state index in [0.29, 0.717) is 32.0 Å². The van der Waals surface area contributed by atoms with Gasteiger partial charge in [-0.05, 0) is 80.0 Å². The molecule has 2 saturated heterocycles. The van der Waals surface area contributed by atoms with Crippen molar-refractivity contribution < 1.29 is 23.9 Å². The van der Waals surface area contributed by atoms with Crippen LogP contribution in [-0.4, -0.2) is 58.8 Å². The first-order valence-corrected chi connectivity index (χ1v) is 16.0. The molecule has 0 spiro atoms. The number of hydrogen-bond donors (Lipinski definition) is 2. The highest BCUT2D eigenvalue weighted by Gasteiger charge is 2.27. The highest BCUT2D eigenvalue weighted by molar-refractivity contribution is 6.30. The number of benzene rings is 3. The smallest absolute Gasteiger partial charge is 0.287 e. The molecular formula is C36H38ClN3O6. The van der Waals surface area contributed by atoms with Crippen LogP contribution < -0.4 is 10.7 Å². The number of rotatable bonds is 6. The summed E-state index contributed by atoms with van der Waals surface area (Å²) in [5, 5.41) is 13.1. The van der Waals surface area contributed by atoms with E-state index in [9.17, 15) is 24.3 Å².